The molecule has 1 aromatic rings. The molecule has 0 saturated heterocycles. The Kier molecular flexibility index (Phi) is 3.76. The molecule has 0 radical (unpaired) electrons. The van der Waals surface area contributed by atoms with Crippen molar-refractivity contribution in [1.29, 1.82) is 5.26 Å². The van der Waals surface area contributed by atoms with Gasteiger partial charge in [-0.15, -0.1) is 0 Å². The fourth-order valence-corrected chi connectivity index (χ4v) is 2.51. The molecule has 2 rings (SSSR count). The molecule has 0 aliphatic heterocycles. The van der Waals surface area contributed by atoms with Gasteiger partial charge in [0.25, 0.3) is 0 Å². The van der Waals surface area contributed by atoms with Crippen LogP contribution in [0, 0.1) is 16.7 Å². The summed E-state index contributed by atoms with van der Waals surface area (Å²) in [5.41, 5.74) is 2.01. The first-order valence-corrected chi connectivity index (χ1v) is 6.55. The number of benzene rings is 1. The van der Waals surface area contributed by atoms with Crippen molar-refractivity contribution >= 4 is 5.69 Å². The van der Waals surface area contributed by atoms with Gasteiger partial charge >= 0.3 is 0 Å². The highest BCUT2D eigenvalue weighted by molar-refractivity contribution is 5.60. The normalized spacial score (nSPS) is 16.5. The lowest BCUT2D eigenvalue weighted by Gasteiger charge is -2.41. The Morgan fingerprint density at radius 2 is 2.22 bits per heavy atom. The van der Waals surface area contributed by atoms with Gasteiger partial charge in [-0.1, -0.05) is 13.3 Å². The zero-order chi connectivity index (χ0) is 13.0. The van der Waals surface area contributed by atoms with Crippen molar-refractivity contribution in [2.75, 3.05) is 19.0 Å². The Bertz CT molecular complexity index is 453. The van der Waals surface area contributed by atoms with Crippen LogP contribution in [0.5, 0.6) is 5.75 Å². The van der Waals surface area contributed by atoms with Crippen LogP contribution in [0.2, 0.25) is 0 Å². The van der Waals surface area contributed by atoms with E-state index < -0.39 is 0 Å². The third-order valence-corrected chi connectivity index (χ3v) is 4.17. The predicted octanol–water partition coefficient (Wildman–Crippen LogP) is 3.56. The molecule has 1 N–H and O–H groups in total. The zero-order valence-electron chi connectivity index (χ0n) is 11.1. The lowest BCUT2D eigenvalue weighted by atomic mass is 9.67. The predicted molar refractivity (Wildman–Crippen MR) is 72.8 cm³/mol. The van der Waals surface area contributed by atoms with E-state index in [2.05, 4.69) is 18.3 Å². The van der Waals surface area contributed by atoms with E-state index >= 15 is 0 Å². The summed E-state index contributed by atoms with van der Waals surface area (Å²) in [6, 6.07) is 7.75. The summed E-state index contributed by atoms with van der Waals surface area (Å²) < 4.78 is 5.20. The van der Waals surface area contributed by atoms with Crippen molar-refractivity contribution in [3.8, 4) is 11.8 Å². The van der Waals surface area contributed by atoms with Gasteiger partial charge in [0, 0.05) is 12.6 Å². The molecule has 0 amide bonds. The van der Waals surface area contributed by atoms with Gasteiger partial charge in [-0.3, -0.25) is 0 Å². The fourth-order valence-electron chi connectivity index (χ4n) is 2.51. The van der Waals surface area contributed by atoms with Crippen LogP contribution in [0.1, 0.15) is 38.2 Å². The molecule has 0 spiro atoms. The van der Waals surface area contributed by atoms with E-state index in [-0.39, 0.29) is 0 Å². The standard InChI is InChI=1S/C15H20N2O/c1-3-15(7-4-8-15)11-17-14-9-13(18-2)6-5-12(14)10-16/h5-6,9,17H,3-4,7-8,11H2,1-2H3. The van der Waals surface area contributed by atoms with Crippen molar-refractivity contribution < 1.29 is 4.74 Å². The molecule has 3 heteroatoms. The minimum atomic E-state index is 0.440. The first-order valence-electron chi connectivity index (χ1n) is 6.55. The lowest BCUT2D eigenvalue weighted by Crippen LogP contribution is -2.35. The molecule has 0 unspecified atom stereocenters. The van der Waals surface area contributed by atoms with Gasteiger partial charge < -0.3 is 10.1 Å². The summed E-state index contributed by atoms with van der Waals surface area (Å²) in [6.07, 6.45) is 5.12. The van der Waals surface area contributed by atoms with E-state index in [1.54, 1.807) is 13.2 Å². The second-order valence-corrected chi connectivity index (χ2v) is 5.08. The van der Waals surface area contributed by atoms with Gasteiger partial charge in [0.2, 0.25) is 0 Å². The number of methoxy groups -OCH3 is 1. The van der Waals surface area contributed by atoms with Gasteiger partial charge in [0.05, 0.1) is 18.4 Å². The maximum absolute atomic E-state index is 9.11. The molecule has 96 valence electrons. The second kappa shape index (κ2) is 5.30. The number of nitrogens with one attached hydrogen (secondary N) is 1. The molecule has 1 fully saturated rings. The van der Waals surface area contributed by atoms with Crippen molar-refractivity contribution in [2.45, 2.75) is 32.6 Å². The van der Waals surface area contributed by atoms with Gasteiger partial charge in [-0.05, 0) is 36.8 Å². The van der Waals surface area contributed by atoms with Crippen molar-refractivity contribution in [1.82, 2.24) is 0 Å². The fraction of sp³-hybridized carbons (Fsp3) is 0.533. The Labute approximate surface area is 109 Å². The molecule has 0 aromatic heterocycles. The molecular formula is C15H20N2O. The van der Waals surface area contributed by atoms with E-state index in [9.17, 15) is 0 Å². The van der Waals surface area contributed by atoms with Crippen LogP contribution in [0.15, 0.2) is 18.2 Å². The average Bonchev–Trinajstić information content (AvgIpc) is 2.37. The molecular weight excluding hydrogens is 224 g/mol. The molecule has 1 aliphatic rings. The number of rotatable bonds is 5. The first-order chi connectivity index (χ1) is 8.73. The molecule has 1 aromatic carbocycles. The van der Waals surface area contributed by atoms with Crippen LogP contribution in [0.25, 0.3) is 0 Å². The molecule has 1 saturated carbocycles. The van der Waals surface area contributed by atoms with E-state index in [0.29, 0.717) is 11.0 Å². The number of hydrogen-bond acceptors (Lipinski definition) is 3. The number of nitrogens with zero attached hydrogens (tertiary/aromatic N) is 1. The van der Waals surface area contributed by atoms with Gasteiger partial charge in [0.15, 0.2) is 0 Å². The Balaban J connectivity index is 2.10. The number of ether oxygens (including phenoxy) is 1. The smallest absolute Gasteiger partial charge is 0.121 e. The maximum Gasteiger partial charge on any atom is 0.121 e. The van der Waals surface area contributed by atoms with Crippen LogP contribution >= 0.6 is 0 Å². The molecule has 0 bridgehead atoms. The van der Waals surface area contributed by atoms with Gasteiger partial charge in [0.1, 0.15) is 11.8 Å². The summed E-state index contributed by atoms with van der Waals surface area (Å²) in [7, 11) is 1.64. The van der Waals surface area contributed by atoms with Crippen LogP contribution < -0.4 is 10.1 Å². The molecule has 18 heavy (non-hydrogen) atoms. The highest BCUT2D eigenvalue weighted by Gasteiger charge is 2.34. The molecule has 0 atom stereocenters. The summed E-state index contributed by atoms with van der Waals surface area (Å²) >= 11 is 0. The third-order valence-electron chi connectivity index (χ3n) is 4.17. The van der Waals surface area contributed by atoms with E-state index in [4.69, 9.17) is 10.00 Å². The Morgan fingerprint density at radius 3 is 2.72 bits per heavy atom. The zero-order valence-corrected chi connectivity index (χ0v) is 11.1. The maximum atomic E-state index is 9.11. The largest absolute Gasteiger partial charge is 0.497 e. The summed E-state index contributed by atoms with van der Waals surface area (Å²) in [6.45, 7) is 3.20. The number of hydrogen-bond donors (Lipinski definition) is 1. The summed E-state index contributed by atoms with van der Waals surface area (Å²) in [5.74, 6) is 0.788. The highest BCUT2D eigenvalue weighted by Crippen LogP contribution is 2.43. The minimum Gasteiger partial charge on any atom is -0.497 e. The quantitative estimate of drug-likeness (QED) is 0.861. The van der Waals surface area contributed by atoms with E-state index in [1.807, 2.05) is 12.1 Å². The topological polar surface area (TPSA) is 45.0 Å². The molecule has 3 nitrogen and oxygen atoms in total. The van der Waals surface area contributed by atoms with Crippen LogP contribution in [0.4, 0.5) is 5.69 Å². The van der Waals surface area contributed by atoms with E-state index in [0.717, 1.165) is 18.0 Å². The van der Waals surface area contributed by atoms with Gasteiger partial charge in [-0.25, -0.2) is 0 Å². The monoisotopic (exact) mass is 244 g/mol. The van der Waals surface area contributed by atoms with Crippen molar-refractivity contribution in [2.24, 2.45) is 5.41 Å². The Hall–Kier alpha value is -1.69. The molecule has 1 aliphatic carbocycles. The van der Waals surface area contributed by atoms with Crippen molar-refractivity contribution in [3.63, 3.8) is 0 Å². The third kappa shape index (κ3) is 2.43. The average molecular weight is 244 g/mol. The summed E-state index contributed by atoms with van der Waals surface area (Å²) in [4.78, 5) is 0. The Morgan fingerprint density at radius 1 is 1.44 bits per heavy atom. The van der Waals surface area contributed by atoms with E-state index in [1.165, 1.54) is 25.7 Å². The van der Waals surface area contributed by atoms with Crippen LogP contribution in [-0.2, 0) is 0 Å². The van der Waals surface area contributed by atoms with Crippen LogP contribution in [-0.4, -0.2) is 13.7 Å². The SMILES string of the molecule is CCC1(CNc2cc(OC)ccc2C#N)CCC1. The number of nitriles is 1. The van der Waals surface area contributed by atoms with Crippen LogP contribution in [0.3, 0.4) is 0 Å². The minimum absolute atomic E-state index is 0.440. The summed E-state index contributed by atoms with van der Waals surface area (Å²) in [5, 5.41) is 12.5. The number of anilines is 1. The highest BCUT2D eigenvalue weighted by atomic mass is 16.5. The lowest BCUT2D eigenvalue weighted by molar-refractivity contribution is 0.145. The second-order valence-electron chi connectivity index (χ2n) is 5.08. The molecule has 0 heterocycles. The first kappa shape index (κ1) is 12.8. The van der Waals surface area contributed by atoms with Gasteiger partial charge in [-0.2, -0.15) is 5.26 Å². The van der Waals surface area contributed by atoms with Crippen molar-refractivity contribution in [3.05, 3.63) is 23.8 Å².